The van der Waals surface area contributed by atoms with Gasteiger partial charge in [0.25, 0.3) is 0 Å². The molecule has 1 atom stereocenters. The van der Waals surface area contributed by atoms with Crippen molar-refractivity contribution in [2.45, 2.75) is 32.9 Å². The van der Waals surface area contributed by atoms with Crippen LogP contribution in [0.15, 0.2) is 58.5 Å². The number of benzene rings is 1. The van der Waals surface area contributed by atoms with E-state index in [4.69, 9.17) is 0 Å². The summed E-state index contributed by atoms with van der Waals surface area (Å²) in [5, 5.41) is 0.584. The topological polar surface area (TPSA) is 0 Å². The number of rotatable bonds is 3. The lowest BCUT2D eigenvalue weighted by atomic mass is 9.92. The van der Waals surface area contributed by atoms with Crippen molar-refractivity contribution >= 4 is 17.3 Å². The molecule has 3 rings (SSSR count). The van der Waals surface area contributed by atoms with Gasteiger partial charge in [0.1, 0.15) is 0 Å². The molecule has 1 unspecified atom stereocenters. The zero-order chi connectivity index (χ0) is 14.3. The van der Waals surface area contributed by atoms with Crippen LogP contribution >= 0.6 is 11.8 Å². The lowest BCUT2D eigenvalue weighted by molar-refractivity contribution is 0.690. The van der Waals surface area contributed by atoms with Crippen molar-refractivity contribution in [2.24, 2.45) is 11.8 Å². The molecule has 0 N–H and O–H groups in total. The summed E-state index contributed by atoms with van der Waals surface area (Å²) < 4.78 is 0. The van der Waals surface area contributed by atoms with Crippen LogP contribution in [0.1, 0.15) is 33.3 Å². The molecule has 0 aromatic heterocycles. The lowest BCUT2D eigenvalue weighted by Crippen LogP contribution is -2.10. The van der Waals surface area contributed by atoms with E-state index in [-0.39, 0.29) is 0 Å². The van der Waals surface area contributed by atoms with Gasteiger partial charge >= 0.3 is 0 Å². The monoisotopic (exact) mass is 282 g/mol. The molecule has 1 aliphatic heterocycles. The van der Waals surface area contributed by atoms with Crippen LogP contribution in [0.25, 0.3) is 5.57 Å². The minimum absolute atomic E-state index is 0.584. The Hall–Kier alpha value is -1.21. The molecule has 1 heteroatoms. The fourth-order valence-electron chi connectivity index (χ4n) is 3.02. The molecule has 2 aliphatic rings. The first-order valence-corrected chi connectivity index (χ1v) is 8.36. The summed E-state index contributed by atoms with van der Waals surface area (Å²) in [7, 11) is 0. The minimum atomic E-state index is 0.584. The van der Waals surface area contributed by atoms with E-state index >= 15 is 0 Å². The van der Waals surface area contributed by atoms with Crippen molar-refractivity contribution in [3.8, 4) is 0 Å². The van der Waals surface area contributed by atoms with Crippen molar-refractivity contribution in [1.29, 1.82) is 0 Å². The molecule has 0 nitrogen and oxygen atoms in total. The van der Waals surface area contributed by atoms with Crippen LogP contribution in [0.4, 0.5) is 0 Å². The summed E-state index contributed by atoms with van der Waals surface area (Å²) in [6.07, 6.45) is 4.66. The largest absolute Gasteiger partial charge is 0.117 e. The van der Waals surface area contributed by atoms with E-state index in [1.165, 1.54) is 27.2 Å². The molecular weight excluding hydrogens is 260 g/mol. The molecular formula is C19H22S. The summed E-state index contributed by atoms with van der Waals surface area (Å²) in [6, 6.07) is 10.9. The average molecular weight is 282 g/mol. The Morgan fingerprint density at radius 3 is 2.25 bits per heavy atom. The summed E-state index contributed by atoms with van der Waals surface area (Å²) in [5.74, 6) is 1.26. The predicted molar refractivity (Wildman–Crippen MR) is 90.6 cm³/mol. The highest BCUT2D eigenvalue weighted by molar-refractivity contribution is 8.04. The van der Waals surface area contributed by atoms with E-state index in [2.05, 4.69) is 81.9 Å². The highest BCUT2D eigenvalue weighted by atomic mass is 32.2. The molecule has 0 spiro atoms. The maximum Gasteiger partial charge on any atom is 0.0380 e. The molecule has 20 heavy (non-hydrogen) atoms. The third kappa shape index (κ3) is 2.18. The van der Waals surface area contributed by atoms with Gasteiger partial charge in [0, 0.05) is 10.2 Å². The predicted octanol–water partition coefficient (Wildman–Crippen LogP) is 5.69. The Bertz CT molecular complexity index is 600. The molecule has 0 bridgehead atoms. The molecule has 0 saturated carbocycles. The van der Waals surface area contributed by atoms with Crippen LogP contribution in [0.5, 0.6) is 0 Å². The smallest absolute Gasteiger partial charge is 0.0380 e. The normalized spacial score (nSPS) is 21.6. The second kappa shape index (κ2) is 5.29. The average Bonchev–Trinajstić information content (AvgIpc) is 2.97. The zero-order valence-corrected chi connectivity index (χ0v) is 13.5. The third-order valence-electron chi connectivity index (χ3n) is 4.07. The first kappa shape index (κ1) is 13.8. The maximum absolute atomic E-state index is 2.34. The van der Waals surface area contributed by atoms with Gasteiger partial charge in [-0.05, 0) is 34.1 Å². The quantitative estimate of drug-likeness (QED) is 0.686. The molecule has 0 saturated heterocycles. The van der Waals surface area contributed by atoms with Crippen molar-refractivity contribution in [1.82, 2.24) is 0 Å². The highest BCUT2D eigenvalue weighted by Crippen LogP contribution is 2.54. The van der Waals surface area contributed by atoms with Gasteiger partial charge in [-0.25, -0.2) is 0 Å². The van der Waals surface area contributed by atoms with Crippen LogP contribution in [0.3, 0.4) is 0 Å². The fraction of sp³-hybridized carbons (Fsp3) is 0.368. The highest BCUT2D eigenvalue weighted by Gasteiger charge is 2.35. The van der Waals surface area contributed by atoms with E-state index < -0.39 is 0 Å². The van der Waals surface area contributed by atoms with Crippen LogP contribution in [0.2, 0.25) is 0 Å². The van der Waals surface area contributed by atoms with Gasteiger partial charge in [0.05, 0.1) is 0 Å². The number of hydrogen-bond donors (Lipinski definition) is 0. The van der Waals surface area contributed by atoms with E-state index in [0.717, 1.165) is 0 Å². The van der Waals surface area contributed by atoms with Gasteiger partial charge in [-0.3, -0.25) is 0 Å². The molecule has 0 amide bonds. The second-order valence-electron chi connectivity index (χ2n) is 6.25. The summed E-state index contributed by atoms with van der Waals surface area (Å²) in [5.41, 5.74) is 5.91. The Balaban J connectivity index is 2.15. The Morgan fingerprint density at radius 1 is 0.950 bits per heavy atom. The van der Waals surface area contributed by atoms with Crippen LogP contribution in [-0.2, 0) is 0 Å². The number of hydrogen-bond acceptors (Lipinski definition) is 1. The van der Waals surface area contributed by atoms with Crippen molar-refractivity contribution in [3.05, 3.63) is 64.1 Å². The first-order valence-electron chi connectivity index (χ1n) is 7.48. The van der Waals surface area contributed by atoms with Gasteiger partial charge < -0.3 is 0 Å². The van der Waals surface area contributed by atoms with Gasteiger partial charge in [0.2, 0.25) is 0 Å². The number of fused-ring (bicyclic) bond motifs is 1. The lowest BCUT2D eigenvalue weighted by Gasteiger charge is -2.19. The molecule has 0 fully saturated rings. The van der Waals surface area contributed by atoms with Gasteiger partial charge in [-0.2, -0.15) is 0 Å². The third-order valence-corrected chi connectivity index (χ3v) is 5.79. The van der Waals surface area contributed by atoms with E-state index in [9.17, 15) is 0 Å². The summed E-state index contributed by atoms with van der Waals surface area (Å²) >= 11 is 2.07. The second-order valence-corrected chi connectivity index (χ2v) is 7.40. The Kier molecular flexibility index (Phi) is 3.64. The molecule has 1 heterocycles. The van der Waals surface area contributed by atoms with Crippen LogP contribution < -0.4 is 0 Å². The first-order chi connectivity index (χ1) is 9.59. The standard InChI is InChI=1S/C19H22S/c1-12(2)15-10-11-16-17(14-8-6-5-7-9-14)18(13(3)4)20-19(15)16/h5-13,18H,1-4H3. The number of thioether (sulfide) groups is 1. The molecule has 0 radical (unpaired) electrons. The Morgan fingerprint density at radius 2 is 1.65 bits per heavy atom. The van der Waals surface area contributed by atoms with Crippen LogP contribution in [-0.4, -0.2) is 5.25 Å². The summed E-state index contributed by atoms with van der Waals surface area (Å²) in [6.45, 7) is 9.26. The number of allylic oxidation sites excluding steroid dienone is 4. The van der Waals surface area contributed by atoms with Crippen molar-refractivity contribution in [2.75, 3.05) is 0 Å². The Labute approximate surface area is 126 Å². The maximum atomic E-state index is 2.34. The van der Waals surface area contributed by atoms with Gasteiger partial charge in [-0.15, -0.1) is 11.8 Å². The van der Waals surface area contributed by atoms with Gasteiger partial charge in [-0.1, -0.05) is 70.2 Å². The van der Waals surface area contributed by atoms with E-state index in [1.54, 1.807) is 0 Å². The zero-order valence-electron chi connectivity index (χ0n) is 12.7. The molecule has 104 valence electrons. The summed E-state index contributed by atoms with van der Waals surface area (Å²) in [4.78, 5) is 1.53. The molecule has 1 aromatic carbocycles. The van der Waals surface area contributed by atoms with E-state index in [0.29, 0.717) is 17.1 Å². The molecule has 1 aliphatic carbocycles. The minimum Gasteiger partial charge on any atom is -0.117 e. The molecule has 1 aromatic rings. The van der Waals surface area contributed by atoms with E-state index in [1.807, 2.05) is 0 Å². The fourth-order valence-corrected chi connectivity index (χ4v) is 4.68. The van der Waals surface area contributed by atoms with Crippen molar-refractivity contribution < 1.29 is 0 Å². The SMILES string of the molecule is CC(C)C1=C2SC(C(C)C)C(c3ccccc3)=C2C=C1. The van der Waals surface area contributed by atoms with Crippen LogP contribution in [0, 0.1) is 11.8 Å². The van der Waals surface area contributed by atoms with Crippen molar-refractivity contribution in [3.63, 3.8) is 0 Å². The van der Waals surface area contributed by atoms with Gasteiger partial charge in [0.15, 0.2) is 0 Å².